The number of piperidine rings is 1. The molecule has 12 heteroatoms. The van der Waals surface area contributed by atoms with Crippen LogP contribution in [-0.4, -0.2) is 58.6 Å². The number of hydrogen-bond donors (Lipinski definition) is 3. The third-order valence-corrected chi connectivity index (χ3v) is 9.83. The van der Waals surface area contributed by atoms with Crippen molar-refractivity contribution in [3.05, 3.63) is 102 Å². The first-order valence-corrected chi connectivity index (χ1v) is 16.5. The molecule has 3 N–H and O–H groups in total. The lowest BCUT2D eigenvalue weighted by Gasteiger charge is -2.31. The number of pyridine rings is 1. The van der Waals surface area contributed by atoms with Crippen LogP contribution in [0.2, 0.25) is 0 Å². The lowest BCUT2D eigenvalue weighted by molar-refractivity contribution is 0.132. The molecule has 0 saturated carbocycles. The molecule has 0 aliphatic carbocycles. The average Bonchev–Trinajstić information content (AvgIpc) is 3.06. The van der Waals surface area contributed by atoms with Crippen LogP contribution in [0.15, 0.2) is 91.3 Å². The second-order valence-electron chi connectivity index (χ2n) is 11.2. The van der Waals surface area contributed by atoms with Gasteiger partial charge < -0.3 is 20.1 Å². The standard InChI is InChI=1S/C34H34N6O5S/c1-22-15-16-26-27(12-6-14-30(26)39-46(43,44)23(2)24-9-4-3-5-10-24)31(22)45-32-28(13-7-18-35-32)29-17-19-36-33(38-29)37-25-11-8-20-40(21-25)34(41)42/h3-7,9-10,12-19,23,25,39H,8,11,20-21H2,1-2H3,(H,41,42)(H,36,37,38)/t23?,25-/m0/s1. The summed E-state index contributed by atoms with van der Waals surface area (Å²) in [5.74, 6) is 1.24. The summed E-state index contributed by atoms with van der Waals surface area (Å²) in [5, 5.41) is 13.3. The maximum atomic E-state index is 13.4. The summed E-state index contributed by atoms with van der Waals surface area (Å²) in [5.41, 5.74) is 3.19. The van der Waals surface area contributed by atoms with E-state index in [9.17, 15) is 18.3 Å². The summed E-state index contributed by atoms with van der Waals surface area (Å²) in [6.07, 6.45) is 3.89. The highest BCUT2D eigenvalue weighted by atomic mass is 32.2. The van der Waals surface area contributed by atoms with Crippen molar-refractivity contribution < 1.29 is 23.1 Å². The number of nitrogens with zero attached hydrogens (tertiary/aromatic N) is 4. The molecule has 1 unspecified atom stereocenters. The number of carbonyl (C=O) groups is 1. The first-order chi connectivity index (χ1) is 22.2. The smallest absolute Gasteiger partial charge is 0.407 e. The summed E-state index contributed by atoms with van der Waals surface area (Å²) < 4.78 is 36.1. The summed E-state index contributed by atoms with van der Waals surface area (Å²) >= 11 is 0. The summed E-state index contributed by atoms with van der Waals surface area (Å²) in [6.45, 7) is 4.45. The maximum absolute atomic E-state index is 13.4. The lowest BCUT2D eigenvalue weighted by atomic mass is 10.0. The van der Waals surface area contributed by atoms with Gasteiger partial charge in [-0.25, -0.2) is 28.2 Å². The third kappa shape index (κ3) is 6.57. The van der Waals surface area contributed by atoms with Gasteiger partial charge >= 0.3 is 6.09 Å². The number of rotatable bonds is 9. The van der Waals surface area contributed by atoms with Gasteiger partial charge in [0.05, 0.1) is 16.9 Å². The van der Waals surface area contributed by atoms with E-state index in [-0.39, 0.29) is 6.04 Å². The average molecular weight is 639 g/mol. The highest BCUT2D eigenvalue weighted by Crippen LogP contribution is 2.39. The largest absolute Gasteiger partial charge is 0.465 e. The Morgan fingerprint density at radius 1 is 0.978 bits per heavy atom. The monoisotopic (exact) mass is 638 g/mol. The Bertz CT molecular complexity index is 1990. The number of benzene rings is 3. The molecule has 1 aliphatic heterocycles. The molecule has 6 rings (SSSR count). The molecule has 1 amide bonds. The Kier molecular flexibility index (Phi) is 8.71. The van der Waals surface area contributed by atoms with Crippen LogP contribution in [-0.2, 0) is 10.0 Å². The molecule has 5 aromatic rings. The third-order valence-electron chi connectivity index (χ3n) is 8.12. The molecule has 1 saturated heterocycles. The molecule has 0 radical (unpaired) electrons. The van der Waals surface area contributed by atoms with Crippen molar-refractivity contribution in [2.24, 2.45) is 0 Å². The van der Waals surface area contributed by atoms with Crippen LogP contribution in [0.1, 0.15) is 36.1 Å². The molecule has 236 valence electrons. The second kappa shape index (κ2) is 13.0. The highest BCUT2D eigenvalue weighted by molar-refractivity contribution is 7.92. The molecule has 46 heavy (non-hydrogen) atoms. The number of nitrogens with one attached hydrogen (secondary N) is 2. The number of aryl methyl sites for hydroxylation is 1. The van der Waals surface area contributed by atoms with Crippen molar-refractivity contribution >= 4 is 38.5 Å². The van der Waals surface area contributed by atoms with E-state index in [0.29, 0.717) is 58.6 Å². The molecule has 11 nitrogen and oxygen atoms in total. The number of carboxylic acid groups (broad SMARTS) is 1. The summed E-state index contributed by atoms with van der Waals surface area (Å²) in [7, 11) is -3.76. The van der Waals surface area contributed by atoms with Gasteiger partial charge in [-0.05, 0) is 62.1 Å². The predicted molar refractivity (Wildman–Crippen MR) is 178 cm³/mol. The van der Waals surface area contributed by atoms with Crippen LogP contribution >= 0.6 is 0 Å². The number of hydrogen-bond acceptors (Lipinski definition) is 8. The molecule has 1 fully saturated rings. The summed E-state index contributed by atoms with van der Waals surface area (Å²) in [6, 6.07) is 23.6. The first kappa shape index (κ1) is 30.8. The van der Waals surface area contributed by atoms with Gasteiger partial charge in [-0.2, -0.15) is 0 Å². The number of amides is 1. The number of anilines is 2. The number of sulfonamides is 1. The van der Waals surface area contributed by atoms with Gasteiger partial charge in [0.1, 0.15) is 11.0 Å². The minimum atomic E-state index is -3.76. The highest BCUT2D eigenvalue weighted by Gasteiger charge is 2.25. The molecule has 2 aromatic heterocycles. The number of aromatic nitrogens is 3. The molecule has 2 atom stereocenters. The van der Waals surface area contributed by atoms with Crippen LogP contribution in [0.3, 0.4) is 0 Å². The molecule has 3 aromatic carbocycles. The zero-order chi connectivity index (χ0) is 32.3. The SMILES string of the molecule is Cc1ccc2c(NS(=O)(=O)C(C)c3ccccc3)cccc2c1Oc1ncccc1-c1ccnc(N[C@H]2CCCN(C(=O)O)C2)n1. The van der Waals surface area contributed by atoms with Gasteiger partial charge in [0.25, 0.3) is 0 Å². The van der Waals surface area contributed by atoms with E-state index in [4.69, 9.17) is 9.72 Å². The Morgan fingerprint density at radius 3 is 2.61 bits per heavy atom. The first-order valence-electron chi connectivity index (χ1n) is 15.0. The van der Waals surface area contributed by atoms with E-state index in [0.717, 1.165) is 23.8 Å². The van der Waals surface area contributed by atoms with Gasteiger partial charge in [0.2, 0.25) is 21.9 Å². The van der Waals surface area contributed by atoms with Gasteiger partial charge in [0.15, 0.2) is 0 Å². The van der Waals surface area contributed by atoms with Crippen molar-refractivity contribution in [3.63, 3.8) is 0 Å². The predicted octanol–water partition coefficient (Wildman–Crippen LogP) is 6.85. The van der Waals surface area contributed by atoms with Crippen LogP contribution < -0.4 is 14.8 Å². The van der Waals surface area contributed by atoms with Crippen molar-refractivity contribution in [3.8, 4) is 22.9 Å². The molecule has 1 aliphatic rings. The molecule has 0 bridgehead atoms. The van der Waals surface area contributed by atoms with E-state index in [1.165, 1.54) is 4.90 Å². The fourth-order valence-electron chi connectivity index (χ4n) is 5.60. The molecule has 3 heterocycles. The van der Waals surface area contributed by atoms with Crippen molar-refractivity contribution in [1.29, 1.82) is 0 Å². The van der Waals surface area contributed by atoms with Crippen LogP contribution in [0.4, 0.5) is 16.4 Å². The summed E-state index contributed by atoms with van der Waals surface area (Å²) in [4.78, 5) is 26.4. The van der Waals surface area contributed by atoms with Crippen LogP contribution in [0, 0.1) is 6.92 Å². The maximum Gasteiger partial charge on any atom is 0.407 e. The normalized spacial score (nSPS) is 15.7. The van der Waals surface area contributed by atoms with E-state index in [2.05, 4.69) is 20.0 Å². The molecular formula is C34H34N6O5S. The van der Waals surface area contributed by atoms with Crippen LogP contribution in [0.25, 0.3) is 22.0 Å². The van der Waals surface area contributed by atoms with Crippen LogP contribution in [0.5, 0.6) is 11.6 Å². The zero-order valence-corrected chi connectivity index (χ0v) is 26.2. The van der Waals surface area contributed by atoms with Crippen molar-refractivity contribution in [2.75, 3.05) is 23.1 Å². The van der Waals surface area contributed by atoms with Gasteiger partial charge in [-0.15, -0.1) is 0 Å². The fourth-order valence-corrected chi connectivity index (χ4v) is 6.78. The van der Waals surface area contributed by atoms with Crippen molar-refractivity contribution in [1.82, 2.24) is 19.9 Å². The van der Waals surface area contributed by atoms with Crippen molar-refractivity contribution in [2.45, 2.75) is 38.0 Å². The van der Waals surface area contributed by atoms with E-state index < -0.39 is 21.4 Å². The van der Waals surface area contributed by atoms with Gasteiger partial charge in [-0.3, -0.25) is 4.72 Å². The Labute approximate surface area is 267 Å². The quantitative estimate of drug-likeness (QED) is 0.158. The lowest BCUT2D eigenvalue weighted by Crippen LogP contribution is -2.44. The van der Waals surface area contributed by atoms with Gasteiger partial charge in [-0.1, -0.05) is 54.6 Å². The molecule has 0 spiro atoms. The topological polar surface area (TPSA) is 147 Å². The number of ether oxygens (including phenoxy) is 1. The number of likely N-dealkylation sites (tertiary alicyclic amines) is 1. The van der Waals surface area contributed by atoms with E-state index in [1.54, 1.807) is 55.7 Å². The second-order valence-corrected chi connectivity index (χ2v) is 13.2. The van der Waals surface area contributed by atoms with Gasteiger partial charge in [0, 0.05) is 42.3 Å². The fraction of sp³-hybridized carbons (Fsp3) is 0.235. The van der Waals surface area contributed by atoms with E-state index >= 15 is 0 Å². The number of fused-ring (bicyclic) bond motifs is 1. The Hall–Kier alpha value is -5.23. The van der Waals surface area contributed by atoms with E-state index in [1.807, 2.05) is 49.4 Å². The zero-order valence-electron chi connectivity index (χ0n) is 25.4. The Morgan fingerprint density at radius 2 is 1.80 bits per heavy atom. The Balaban J connectivity index is 1.29. The minimum absolute atomic E-state index is 0.106. The molecular weight excluding hydrogens is 604 g/mol. The minimum Gasteiger partial charge on any atom is -0.465 e.